The summed E-state index contributed by atoms with van der Waals surface area (Å²) in [5.74, 6) is -0.556. The molecule has 0 bridgehead atoms. The average Bonchev–Trinajstić information content (AvgIpc) is 3.46. The van der Waals surface area contributed by atoms with Gasteiger partial charge in [-0.1, -0.05) is 29.8 Å². The Hall–Kier alpha value is -3.15. The van der Waals surface area contributed by atoms with Crippen molar-refractivity contribution in [2.45, 2.75) is 38.8 Å². The van der Waals surface area contributed by atoms with E-state index in [1.54, 1.807) is 17.0 Å². The van der Waals surface area contributed by atoms with Gasteiger partial charge in [0.2, 0.25) is 11.8 Å². The van der Waals surface area contributed by atoms with Crippen LogP contribution in [0.1, 0.15) is 40.7 Å². The summed E-state index contributed by atoms with van der Waals surface area (Å²) < 4.78 is 0. The highest BCUT2D eigenvalue weighted by Gasteiger charge is 2.35. The van der Waals surface area contributed by atoms with Gasteiger partial charge in [-0.2, -0.15) is 0 Å². The third kappa shape index (κ3) is 4.65. The molecule has 150 valence electrons. The van der Waals surface area contributed by atoms with E-state index in [1.165, 1.54) is 0 Å². The molecule has 4 rings (SSSR count). The molecule has 1 heterocycles. The highest BCUT2D eigenvalue weighted by Crippen LogP contribution is 2.25. The van der Waals surface area contributed by atoms with Crippen LogP contribution in [0.25, 0.3) is 0 Å². The van der Waals surface area contributed by atoms with Crippen LogP contribution in [0.5, 0.6) is 0 Å². The Labute approximate surface area is 170 Å². The average molecular weight is 391 g/mol. The van der Waals surface area contributed by atoms with Crippen molar-refractivity contribution >= 4 is 23.4 Å². The Morgan fingerprint density at radius 1 is 1.03 bits per heavy atom. The quantitative estimate of drug-likeness (QED) is 0.794. The first kappa shape index (κ1) is 19.2. The van der Waals surface area contributed by atoms with Crippen molar-refractivity contribution in [2.24, 2.45) is 5.92 Å². The Morgan fingerprint density at radius 3 is 2.38 bits per heavy atom. The summed E-state index contributed by atoms with van der Waals surface area (Å²) >= 11 is 0. The first-order valence-electron chi connectivity index (χ1n) is 10.0. The van der Waals surface area contributed by atoms with Crippen LogP contribution in [0.3, 0.4) is 0 Å². The molecule has 1 atom stereocenters. The molecule has 2 N–H and O–H groups in total. The van der Waals surface area contributed by atoms with Gasteiger partial charge in [-0.05, 0) is 49.6 Å². The van der Waals surface area contributed by atoms with Crippen LogP contribution in [-0.4, -0.2) is 30.3 Å². The van der Waals surface area contributed by atoms with Gasteiger partial charge < -0.3 is 15.5 Å². The number of carbonyl (C=O) groups excluding carboxylic acids is 3. The van der Waals surface area contributed by atoms with Gasteiger partial charge in [-0.25, -0.2) is 0 Å². The lowest BCUT2D eigenvalue weighted by molar-refractivity contribution is -0.126. The number of aryl methyl sites for hydroxylation is 1. The van der Waals surface area contributed by atoms with Crippen LogP contribution in [0.2, 0.25) is 0 Å². The highest BCUT2D eigenvalue weighted by molar-refractivity contribution is 6.00. The van der Waals surface area contributed by atoms with E-state index in [2.05, 4.69) is 10.6 Å². The van der Waals surface area contributed by atoms with Gasteiger partial charge in [0.05, 0.1) is 5.92 Å². The summed E-state index contributed by atoms with van der Waals surface area (Å²) in [6, 6.07) is 15.3. The molecule has 0 spiro atoms. The Morgan fingerprint density at radius 2 is 1.72 bits per heavy atom. The zero-order valence-corrected chi connectivity index (χ0v) is 16.5. The molecular formula is C23H25N3O3. The summed E-state index contributed by atoms with van der Waals surface area (Å²) in [4.78, 5) is 38.6. The largest absolute Gasteiger partial charge is 0.352 e. The fraction of sp³-hybridized carbons (Fsp3) is 0.348. The van der Waals surface area contributed by atoms with Crippen molar-refractivity contribution in [1.82, 2.24) is 10.6 Å². The minimum absolute atomic E-state index is 0.0277. The topological polar surface area (TPSA) is 78.5 Å². The fourth-order valence-corrected chi connectivity index (χ4v) is 3.46. The Balaban J connectivity index is 1.29. The second-order valence-corrected chi connectivity index (χ2v) is 7.90. The lowest BCUT2D eigenvalue weighted by Crippen LogP contribution is -2.32. The lowest BCUT2D eigenvalue weighted by atomic mass is 10.1. The minimum atomic E-state index is -0.354. The normalized spacial score (nSPS) is 18.6. The smallest absolute Gasteiger partial charge is 0.251 e. The number of amides is 3. The van der Waals surface area contributed by atoms with Crippen molar-refractivity contribution in [1.29, 1.82) is 0 Å². The number of hydrogen-bond donors (Lipinski definition) is 2. The molecule has 1 aliphatic heterocycles. The van der Waals surface area contributed by atoms with Crippen LogP contribution >= 0.6 is 0 Å². The second kappa shape index (κ2) is 8.07. The standard InChI is InChI=1S/C23H25N3O3/c1-15-2-10-20(11-3-15)26-14-18(12-21(26)27)22(28)24-13-16-4-6-17(7-5-16)23(29)25-19-8-9-19/h2-7,10-11,18-19H,8-9,12-14H2,1H3,(H,24,28)(H,25,29). The summed E-state index contributed by atoms with van der Waals surface area (Å²) in [6.07, 6.45) is 2.34. The molecule has 0 aromatic heterocycles. The molecule has 1 saturated carbocycles. The zero-order valence-electron chi connectivity index (χ0n) is 16.5. The lowest BCUT2D eigenvalue weighted by Gasteiger charge is -2.17. The maximum atomic E-state index is 12.5. The first-order valence-corrected chi connectivity index (χ1v) is 10.0. The Kier molecular flexibility index (Phi) is 5.34. The van der Waals surface area contributed by atoms with Gasteiger partial charge in [-0.15, -0.1) is 0 Å². The molecule has 1 saturated heterocycles. The molecular weight excluding hydrogens is 366 g/mol. The first-order chi connectivity index (χ1) is 14.0. The fourth-order valence-electron chi connectivity index (χ4n) is 3.46. The van der Waals surface area contributed by atoms with Gasteiger partial charge in [0.15, 0.2) is 0 Å². The van der Waals surface area contributed by atoms with Crippen LogP contribution in [0.4, 0.5) is 5.69 Å². The van der Waals surface area contributed by atoms with Crippen molar-refractivity contribution < 1.29 is 14.4 Å². The molecule has 29 heavy (non-hydrogen) atoms. The van der Waals surface area contributed by atoms with Crippen LogP contribution in [0.15, 0.2) is 48.5 Å². The minimum Gasteiger partial charge on any atom is -0.352 e. The molecule has 6 heteroatoms. The number of nitrogens with zero attached hydrogens (tertiary/aromatic N) is 1. The van der Waals surface area contributed by atoms with E-state index in [0.29, 0.717) is 24.7 Å². The maximum Gasteiger partial charge on any atom is 0.251 e. The van der Waals surface area contributed by atoms with Crippen LogP contribution in [0, 0.1) is 12.8 Å². The van der Waals surface area contributed by atoms with E-state index < -0.39 is 0 Å². The van der Waals surface area contributed by atoms with E-state index in [4.69, 9.17) is 0 Å². The number of carbonyl (C=O) groups is 3. The molecule has 2 aromatic carbocycles. The van der Waals surface area contributed by atoms with E-state index in [0.717, 1.165) is 29.7 Å². The number of benzene rings is 2. The van der Waals surface area contributed by atoms with Gasteiger partial charge >= 0.3 is 0 Å². The van der Waals surface area contributed by atoms with Crippen LogP contribution < -0.4 is 15.5 Å². The van der Waals surface area contributed by atoms with Crippen molar-refractivity contribution in [3.05, 3.63) is 65.2 Å². The zero-order chi connectivity index (χ0) is 20.4. The SMILES string of the molecule is Cc1ccc(N2CC(C(=O)NCc3ccc(C(=O)NC4CC4)cc3)CC2=O)cc1. The van der Waals surface area contributed by atoms with Crippen LogP contribution in [-0.2, 0) is 16.1 Å². The van der Waals surface area contributed by atoms with E-state index in [1.807, 2.05) is 43.3 Å². The number of hydrogen-bond acceptors (Lipinski definition) is 3. The molecule has 2 fully saturated rings. The van der Waals surface area contributed by atoms with Gasteiger partial charge in [0.1, 0.15) is 0 Å². The van der Waals surface area contributed by atoms with Gasteiger partial charge in [-0.3, -0.25) is 14.4 Å². The summed E-state index contributed by atoms with van der Waals surface area (Å²) in [6.45, 7) is 2.77. The van der Waals surface area contributed by atoms with Crippen molar-refractivity contribution in [3.63, 3.8) is 0 Å². The van der Waals surface area contributed by atoms with E-state index >= 15 is 0 Å². The second-order valence-electron chi connectivity index (χ2n) is 7.90. The summed E-state index contributed by atoms with van der Waals surface area (Å²) in [5.41, 5.74) is 3.50. The number of nitrogens with one attached hydrogen (secondary N) is 2. The molecule has 2 aliphatic rings. The molecule has 1 aliphatic carbocycles. The van der Waals surface area contributed by atoms with Gasteiger partial charge in [0, 0.05) is 36.8 Å². The van der Waals surface area contributed by atoms with Gasteiger partial charge in [0.25, 0.3) is 5.91 Å². The third-order valence-corrected chi connectivity index (χ3v) is 5.44. The maximum absolute atomic E-state index is 12.5. The van der Waals surface area contributed by atoms with Crippen molar-refractivity contribution in [3.8, 4) is 0 Å². The highest BCUT2D eigenvalue weighted by atomic mass is 16.2. The van der Waals surface area contributed by atoms with E-state index in [9.17, 15) is 14.4 Å². The molecule has 0 radical (unpaired) electrons. The molecule has 2 aromatic rings. The number of rotatable bonds is 6. The predicted molar refractivity (Wildman–Crippen MR) is 110 cm³/mol. The molecule has 6 nitrogen and oxygen atoms in total. The third-order valence-electron chi connectivity index (χ3n) is 5.44. The predicted octanol–water partition coefficient (Wildman–Crippen LogP) is 2.56. The Bertz CT molecular complexity index is 917. The summed E-state index contributed by atoms with van der Waals surface area (Å²) in [5, 5.41) is 5.87. The van der Waals surface area contributed by atoms with E-state index in [-0.39, 0.29) is 30.1 Å². The number of anilines is 1. The summed E-state index contributed by atoms with van der Waals surface area (Å²) in [7, 11) is 0. The monoisotopic (exact) mass is 391 g/mol. The molecule has 1 unspecified atom stereocenters. The molecule has 3 amide bonds. The van der Waals surface area contributed by atoms with Crippen molar-refractivity contribution in [2.75, 3.05) is 11.4 Å².